The summed E-state index contributed by atoms with van der Waals surface area (Å²) in [6.07, 6.45) is -9.23. The van der Waals surface area contributed by atoms with Crippen LogP contribution in [0.15, 0.2) is 12.2 Å². The highest BCUT2D eigenvalue weighted by atomic mass is 16.7. The van der Waals surface area contributed by atoms with Crippen LogP contribution in [0.25, 0.3) is 0 Å². The van der Waals surface area contributed by atoms with Gasteiger partial charge in [0.05, 0.1) is 32.0 Å². The summed E-state index contributed by atoms with van der Waals surface area (Å²) in [4.78, 5) is 12.4. The van der Waals surface area contributed by atoms with Crippen LogP contribution < -0.4 is 5.32 Å². The van der Waals surface area contributed by atoms with Crippen molar-refractivity contribution in [3.8, 4) is 0 Å². The predicted octanol–water partition coefficient (Wildman–Crippen LogP) is -2.59. The van der Waals surface area contributed by atoms with Crippen molar-refractivity contribution >= 4 is 5.91 Å². The van der Waals surface area contributed by atoms with E-state index in [4.69, 9.17) is 18.9 Å². The summed E-state index contributed by atoms with van der Waals surface area (Å²) < 4.78 is 22.1. The van der Waals surface area contributed by atoms with Crippen molar-refractivity contribution in [3.05, 3.63) is 12.2 Å². The highest BCUT2D eigenvalue weighted by Crippen LogP contribution is 2.29. The number of aliphatic hydroxyl groups is 8. The van der Waals surface area contributed by atoms with E-state index in [0.717, 1.165) is 25.7 Å². The van der Waals surface area contributed by atoms with Crippen LogP contribution in [0.1, 0.15) is 52.4 Å². The highest BCUT2D eigenvalue weighted by Gasteiger charge is 2.50. The molecular formula is C26H47NO13. The van der Waals surface area contributed by atoms with E-state index < -0.39 is 86.8 Å². The van der Waals surface area contributed by atoms with Crippen LogP contribution in [0.3, 0.4) is 0 Å². The minimum Gasteiger partial charge on any atom is -0.394 e. The first-order valence-electron chi connectivity index (χ1n) is 13.9. The molecule has 12 unspecified atom stereocenters. The van der Waals surface area contributed by atoms with E-state index in [-0.39, 0.29) is 18.9 Å². The summed E-state index contributed by atoms with van der Waals surface area (Å²) in [6.45, 7) is 2.27. The SMILES string of the molecule is CCC/C=C/C(O)C(COC1OC(CO)C(OC2OC(CO)C(O)C(O)C2O)C(O)C1O)NC(=O)CCCCC. The van der Waals surface area contributed by atoms with E-state index in [1.54, 1.807) is 6.08 Å². The molecule has 12 atom stereocenters. The molecule has 2 saturated heterocycles. The van der Waals surface area contributed by atoms with Gasteiger partial charge in [-0.3, -0.25) is 4.79 Å². The zero-order chi connectivity index (χ0) is 29.8. The number of allylic oxidation sites excluding steroid dienone is 1. The Hall–Kier alpha value is -1.27. The molecule has 2 rings (SSSR count). The summed E-state index contributed by atoms with van der Waals surface area (Å²) in [5.74, 6) is -0.281. The molecule has 0 saturated carbocycles. The van der Waals surface area contributed by atoms with Crippen LogP contribution in [0, 0.1) is 0 Å². The number of amides is 1. The Morgan fingerprint density at radius 2 is 1.52 bits per heavy atom. The zero-order valence-corrected chi connectivity index (χ0v) is 23.1. The van der Waals surface area contributed by atoms with Crippen molar-refractivity contribution in [2.24, 2.45) is 0 Å². The molecule has 0 spiro atoms. The second-order valence-corrected chi connectivity index (χ2v) is 10.2. The molecule has 40 heavy (non-hydrogen) atoms. The number of unbranched alkanes of at least 4 members (excludes halogenated alkanes) is 3. The molecule has 0 aromatic rings. The second-order valence-electron chi connectivity index (χ2n) is 10.2. The summed E-state index contributed by atoms with van der Waals surface area (Å²) in [6, 6.07) is -0.897. The van der Waals surface area contributed by atoms with Gasteiger partial charge in [-0.15, -0.1) is 0 Å². The topological polar surface area (TPSA) is 228 Å². The fraction of sp³-hybridized carbons (Fsp3) is 0.885. The molecular weight excluding hydrogens is 534 g/mol. The van der Waals surface area contributed by atoms with Crippen molar-refractivity contribution in [2.75, 3.05) is 19.8 Å². The molecule has 2 aliphatic heterocycles. The van der Waals surface area contributed by atoms with Gasteiger partial charge in [-0.1, -0.05) is 45.3 Å². The second kappa shape index (κ2) is 17.6. The van der Waals surface area contributed by atoms with E-state index in [1.807, 2.05) is 13.8 Å². The molecule has 2 aliphatic rings. The number of ether oxygens (including phenoxy) is 4. The largest absolute Gasteiger partial charge is 0.394 e. The Balaban J connectivity index is 2.07. The molecule has 234 valence electrons. The van der Waals surface area contributed by atoms with E-state index >= 15 is 0 Å². The van der Waals surface area contributed by atoms with E-state index in [9.17, 15) is 45.6 Å². The molecule has 9 N–H and O–H groups in total. The average Bonchev–Trinajstić information content (AvgIpc) is 2.94. The first kappa shape index (κ1) is 34.9. The van der Waals surface area contributed by atoms with E-state index in [1.165, 1.54) is 6.08 Å². The minimum atomic E-state index is -1.78. The number of aliphatic hydroxyl groups excluding tert-OH is 8. The molecule has 2 heterocycles. The molecule has 2 fully saturated rings. The Bertz CT molecular complexity index is 754. The standard InChI is InChI=1S/C26H47NO13/c1-3-5-7-9-15(30)14(27-18(31)10-8-6-4-2)13-37-25-23(36)21(34)24(17(12-29)39-25)40-26-22(35)20(33)19(32)16(11-28)38-26/h7,9,14-17,19-26,28-30,32-36H,3-6,8,10-13H2,1-2H3,(H,27,31)/b9-7+. The number of nitrogens with one attached hydrogen (secondary N) is 1. The van der Waals surface area contributed by atoms with Crippen LogP contribution in [-0.2, 0) is 23.7 Å². The summed E-state index contributed by atoms with van der Waals surface area (Å²) in [7, 11) is 0. The van der Waals surface area contributed by atoms with Crippen molar-refractivity contribution in [3.63, 3.8) is 0 Å². The van der Waals surface area contributed by atoms with Crippen molar-refractivity contribution in [2.45, 2.75) is 126 Å². The minimum absolute atomic E-state index is 0.264. The maximum Gasteiger partial charge on any atom is 0.220 e. The third-order valence-electron chi connectivity index (χ3n) is 6.96. The number of rotatable bonds is 16. The lowest BCUT2D eigenvalue weighted by atomic mass is 9.97. The number of carbonyl (C=O) groups excluding carboxylic acids is 1. The molecule has 1 amide bonds. The summed E-state index contributed by atoms with van der Waals surface area (Å²) in [5, 5.41) is 84.3. The summed E-state index contributed by atoms with van der Waals surface area (Å²) >= 11 is 0. The van der Waals surface area contributed by atoms with Crippen molar-refractivity contribution in [1.29, 1.82) is 0 Å². The fourth-order valence-electron chi connectivity index (χ4n) is 4.47. The lowest BCUT2D eigenvalue weighted by Crippen LogP contribution is -2.65. The van der Waals surface area contributed by atoms with Crippen LogP contribution in [0.4, 0.5) is 0 Å². The van der Waals surface area contributed by atoms with Crippen LogP contribution in [0.2, 0.25) is 0 Å². The first-order valence-corrected chi connectivity index (χ1v) is 13.9. The number of carbonyl (C=O) groups is 1. The van der Waals surface area contributed by atoms with Gasteiger partial charge in [0.15, 0.2) is 12.6 Å². The molecule has 0 aromatic heterocycles. The van der Waals surface area contributed by atoms with Gasteiger partial charge < -0.3 is 65.1 Å². The van der Waals surface area contributed by atoms with Gasteiger partial charge in [0, 0.05) is 6.42 Å². The van der Waals surface area contributed by atoms with Gasteiger partial charge in [-0.05, 0) is 12.8 Å². The molecule has 0 bridgehead atoms. The Morgan fingerprint density at radius 1 is 0.875 bits per heavy atom. The van der Waals surface area contributed by atoms with Crippen LogP contribution in [0.5, 0.6) is 0 Å². The van der Waals surface area contributed by atoms with Gasteiger partial charge in [0.1, 0.15) is 48.8 Å². The third kappa shape index (κ3) is 9.64. The molecule has 14 nitrogen and oxygen atoms in total. The number of hydrogen-bond donors (Lipinski definition) is 9. The van der Waals surface area contributed by atoms with Gasteiger partial charge in [-0.2, -0.15) is 0 Å². The monoisotopic (exact) mass is 581 g/mol. The Kier molecular flexibility index (Phi) is 15.4. The summed E-state index contributed by atoms with van der Waals surface area (Å²) in [5.41, 5.74) is 0. The van der Waals surface area contributed by atoms with E-state index in [0.29, 0.717) is 6.42 Å². The average molecular weight is 582 g/mol. The highest BCUT2D eigenvalue weighted by molar-refractivity contribution is 5.76. The maximum atomic E-state index is 12.4. The lowest BCUT2D eigenvalue weighted by Gasteiger charge is -2.46. The van der Waals surface area contributed by atoms with Gasteiger partial charge in [-0.25, -0.2) is 0 Å². The quantitative estimate of drug-likeness (QED) is 0.0674. The Morgan fingerprint density at radius 3 is 2.15 bits per heavy atom. The fourth-order valence-corrected chi connectivity index (χ4v) is 4.47. The predicted molar refractivity (Wildman–Crippen MR) is 138 cm³/mol. The first-order chi connectivity index (χ1) is 19.1. The van der Waals surface area contributed by atoms with Crippen LogP contribution in [-0.4, -0.2) is 140 Å². The third-order valence-corrected chi connectivity index (χ3v) is 6.96. The zero-order valence-electron chi connectivity index (χ0n) is 23.1. The molecule has 14 heteroatoms. The van der Waals surface area contributed by atoms with E-state index in [2.05, 4.69) is 5.32 Å². The lowest BCUT2D eigenvalue weighted by molar-refractivity contribution is -0.359. The number of hydrogen-bond acceptors (Lipinski definition) is 13. The van der Waals surface area contributed by atoms with Gasteiger partial charge in [0.25, 0.3) is 0 Å². The normalized spacial score (nSPS) is 36.5. The van der Waals surface area contributed by atoms with Gasteiger partial charge in [0.2, 0.25) is 5.91 Å². The molecule has 0 aromatic carbocycles. The van der Waals surface area contributed by atoms with Crippen molar-refractivity contribution < 1.29 is 64.6 Å². The van der Waals surface area contributed by atoms with Gasteiger partial charge >= 0.3 is 0 Å². The van der Waals surface area contributed by atoms with Crippen molar-refractivity contribution in [1.82, 2.24) is 5.32 Å². The van der Waals surface area contributed by atoms with Crippen LogP contribution >= 0.6 is 0 Å². The molecule has 0 aliphatic carbocycles. The maximum absolute atomic E-state index is 12.4. The Labute approximate surface area is 234 Å². The smallest absolute Gasteiger partial charge is 0.220 e. The molecule has 0 radical (unpaired) electrons.